The summed E-state index contributed by atoms with van der Waals surface area (Å²) in [6.07, 6.45) is 2.08. The molecule has 0 fully saturated rings. The van der Waals surface area contributed by atoms with Crippen LogP contribution in [0, 0.1) is 21.8 Å². The highest BCUT2D eigenvalue weighted by Gasteiger charge is 2.34. The molecule has 0 unspecified atom stereocenters. The maximum atomic E-state index is 14.6. The fourth-order valence-electron chi connectivity index (χ4n) is 3.98. The average molecular weight is 465 g/mol. The van der Waals surface area contributed by atoms with E-state index < -0.39 is 29.5 Å². The predicted octanol–water partition coefficient (Wildman–Crippen LogP) is 4.57. The van der Waals surface area contributed by atoms with Crippen LogP contribution >= 0.6 is 7.60 Å². The molecule has 2 N–H and O–H groups in total. The minimum Gasteiger partial charge on any atom is -0.444 e. The van der Waals surface area contributed by atoms with E-state index in [0.29, 0.717) is 41.6 Å². The monoisotopic (exact) mass is 465 g/mol. The van der Waals surface area contributed by atoms with Gasteiger partial charge in [-0.25, -0.2) is 4.98 Å². The van der Waals surface area contributed by atoms with E-state index in [1.807, 2.05) is 20.8 Å². The topological polar surface area (TPSA) is 132 Å². The molecule has 32 heavy (non-hydrogen) atoms. The lowest BCUT2D eigenvalue weighted by Gasteiger charge is -2.13. The molecule has 0 bridgehead atoms. The molecule has 2 heterocycles. The fraction of sp³-hybridized carbons (Fsp3) is 0.381. The first-order valence-corrected chi connectivity index (χ1v) is 11.8. The van der Waals surface area contributed by atoms with Gasteiger partial charge in [-0.3, -0.25) is 14.7 Å². The number of imidazole rings is 1. The zero-order valence-electron chi connectivity index (χ0n) is 18.3. The Hall–Kier alpha value is -2.81. The number of aromatic nitrogens is 2. The van der Waals surface area contributed by atoms with Gasteiger partial charge >= 0.3 is 13.3 Å². The quantitative estimate of drug-likeness (QED) is 0.283. The lowest BCUT2D eigenvalue weighted by atomic mass is 10.1. The van der Waals surface area contributed by atoms with E-state index >= 15 is 0 Å². The number of nitro benzene ring substituents is 1. The van der Waals surface area contributed by atoms with Crippen molar-refractivity contribution in [1.82, 2.24) is 9.55 Å². The van der Waals surface area contributed by atoms with Gasteiger partial charge in [-0.05, 0) is 24.8 Å². The van der Waals surface area contributed by atoms with Gasteiger partial charge in [-0.15, -0.1) is 0 Å². The third-order valence-electron chi connectivity index (χ3n) is 5.19. The molecule has 0 radical (unpaired) electrons. The Labute approximate surface area is 183 Å². The highest BCUT2D eigenvalue weighted by molar-refractivity contribution is 7.59. The molecular formula is C21H25FN3O6P. The Balaban J connectivity index is 2.53. The number of fused-ring (bicyclic) bond motifs is 1. The number of hydrogen-bond acceptors (Lipinski definition) is 5. The molecule has 3 rings (SSSR count). The van der Waals surface area contributed by atoms with Crippen LogP contribution in [0.4, 0.5) is 10.1 Å². The van der Waals surface area contributed by atoms with E-state index in [9.17, 15) is 28.9 Å². The molecule has 0 aliphatic rings. The minimum atomic E-state index is -4.73. The molecule has 0 spiro atoms. The number of nitro groups is 1. The number of nitrogens with zero attached hydrogens (tertiary/aromatic N) is 3. The second kappa shape index (κ2) is 8.61. The fourth-order valence-corrected chi connectivity index (χ4v) is 4.84. The first kappa shape index (κ1) is 23.8. The number of benzene rings is 1. The molecule has 9 nitrogen and oxygen atoms in total. The number of rotatable bonds is 8. The second-order valence-corrected chi connectivity index (χ2v) is 9.33. The van der Waals surface area contributed by atoms with Crippen LogP contribution in [-0.4, -0.2) is 24.3 Å². The average Bonchev–Trinajstić information content (AvgIpc) is 3.24. The molecule has 1 aromatic carbocycles. The molecule has 172 valence electrons. The van der Waals surface area contributed by atoms with Crippen molar-refractivity contribution >= 4 is 35.9 Å². The molecule has 0 saturated carbocycles. The summed E-state index contributed by atoms with van der Waals surface area (Å²) >= 11 is 0. The van der Waals surface area contributed by atoms with E-state index in [1.165, 1.54) is 6.08 Å². The Morgan fingerprint density at radius 2 is 1.97 bits per heavy atom. The van der Waals surface area contributed by atoms with Crippen molar-refractivity contribution in [3.63, 3.8) is 0 Å². The summed E-state index contributed by atoms with van der Waals surface area (Å²) in [6, 6.07) is 1.04. The van der Waals surface area contributed by atoms with Gasteiger partial charge in [0.1, 0.15) is 0 Å². The smallest absolute Gasteiger partial charge is 0.391 e. The summed E-state index contributed by atoms with van der Waals surface area (Å²) in [5.41, 5.74) is 0.168. The largest absolute Gasteiger partial charge is 0.444 e. The van der Waals surface area contributed by atoms with Gasteiger partial charge in [-0.1, -0.05) is 40.3 Å². The maximum Gasteiger partial charge on any atom is 0.391 e. The van der Waals surface area contributed by atoms with Gasteiger partial charge in [0.15, 0.2) is 17.1 Å². The third kappa shape index (κ3) is 3.90. The first-order valence-electron chi connectivity index (χ1n) is 10.2. The van der Waals surface area contributed by atoms with Crippen molar-refractivity contribution in [2.75, 3.05) is 0 Å². The van der Waals surface area contributed by atoms with Crippen molar-refractivity contribution in [1.29, 1.82) is 0 Å². The zero-order chi connectivity index (χ0) is 24.0. The van der Waals surface area contributed by atoms with Gasteiger partial charge in [0, 0.05) is 23.2 Å². The van der Waals surface area contributed by atoms with Crippen molar-refractivity contribution in [3.05, 3.63) is 45.3 Å². The van der Waals surface area contributed by atoms with Crippen LogP contribution in [0.15, 0.2) is 17.1 Å². The highest BCUT2D eigenvalue weighted by atomic mass is 31.2. The zero-order valence-corrected chi connectivity index (χ0v) is 19.1. The summed E-state index contributed by atoms with van der Waals surface area (Å²) in [4.78, 5) is 34.8. The molecule has 2 aromatic heterocycles. The van der Waals surface area contributed by atoms with Gasteiger partial charge in [0.25, 0.3) is 0 Å². The van der Waals surface area contributed by atoms with Gasteiger partial charge in [0.2, 0.25) is 11.3 Å². The van der Waals surface area contributed by atoms with E-state index in [4.69, 9.17) is 4.42 Å². The molecule has 0 aliphatic carbocycles. The van der Waals surface area contributed by atoms with Crippen LogP contribution in [0.1, 0.15) is 44.4 Å². The van der Waals surface area contributed by atoms with Crippen molar-refractivity contribution < 1.29 is 28.1 Å². The van der Waals surface area contributed by atoms with Gasteiger partial charge < -0.3 is 18.8 Å². The number of hydrogen-bond donors (Lipinski definition) is 2. The molecule has 0 saturated heterocycles. The first-order chi connectivity index (χ1) is 15.0. The lowest BCUT2D eigenvalue weighted by molar-refractivity contribution is -0.385. The van der Waals surface area contributed by atoms with E-state index in [2.05, 4.69) is 11.6 Å². The van der Waals surface area contributed by atoms with E-state index in [1.54, 1.807) is 11.5 Å². The van der Waals surface area contributed by atoms with Crippen LogP contribution < -0.4 is 5.50 Å². The van der Waals surface area contributed by atoms with Crippen molar-refractivity contribution in [3.8, 4) is 11.6 Å². The summed E-state index contributed by atoms with van der Waals surface area (Å²) in [5, 5.41) is 11.6. The third-order valence-corrected chi connectivity index (χ3v) is 6.08. The van der Waals surface area contributed by atoms with Crippen molar-refractivity contribution in [2.45, 2.75) is 47.1 Å². The molecule has 11 heteroatoms. The van der Waals surface area contributed by atoms with Crippen LogP contribution in [-0.2, 0) is 24.0 Å². The molecule has 0 atom stereocenters. The molecular weight excluding hydrogens is 440 g/mol. The van der Waals surface area contributed by atoms with E-state index in [-0.39, 0.29) is 23.0 Å². The Morgan fingerprint density at radius 3 is 2.44 bits per heavy atom. The van der Waals surface area contributed by atoms with Crippen LogP contribution in [0.25, 0.3) is 28.7 Å². The SMILES string of the molecule is C=Cc1cc(F)c([N+](=O)[O-])c2nc(-c3oc(P(=O)(O)O)c(CC)c3CC)n(CC(C)C)c12. The molecule has 3 aromatic rings. The summed E-state index contributed by atoms with van der Waals surface area (Å²) < 4.78 is 34.0. The molecule has 0 amide bonds. The minimum absolute atomic E-state index is 0.0693. The maximum absolute atomic E-state index is 14.6. The molecule has 0 aliphatic heterocycles. The summed E-state index contributed by atoms with van der Waals surface area (Å²) in [7, 11) is -4.73. The van der Waals surface area contributed by atoms with Crippen molar-refractivity contribution in [2.24, 2.45) is 5.92 Å². The van der Waals surface area contributed by atoms with E-state index in [0.717, 1.165) is 6.07 Å². The highest BCUT2D eigenvalue weighted by Crippen LogP contribution is 2.42. The lowest BCUT2D eigenvalue weighted by Crippen LogP contribution is -2.07. The second-order valence-electron chi connectivity index (χ2n) is 7.84. The Kier molecular flexibility index (Phi) is 6.42. The summed E-state index contributed by atoms with van der Waals surface area (Å²) in [6.45, 7) is 11.5. The number of furan rings is 1. The summed E-state index contributed by atoms with van der Waals surface area (Å²) in [5.74, 6) is -0.709. The standard InChI is InChI=1S/C21H25FN3O6P/c1-6-12-9-15(22)18(25(26)27)16-17(12)24(10-11(4)5)20(23-16)19-13(7-2)14(8-3)21(31-19)32(28,29)30/h6,9,11H,1,7-8,10H2,2-5H3,(H2,28,29,30). The van der Waals surface area contributed by atoms with Crippen LogP contribution in [0.5, 0.6) is 0 Å². The number of halogens is 1. The normalized spacial score (nSPS) is 12.1. The Morgan fingerprint density at radius 1 is 1.34 bits per heavy atom. The predicted molar refractivity (Wildman–Crippen MR) is 119 cm³/mol. The van der Waals surface area contributed by atoms with Crippen LogP contribution in [0.3, 0.4) is 0 Å². The van der Waals surface area contributed by atoms with Gasteiger partial charge in [-0.2, -0.15) is 4.39 Å². The Bertz CT molecular complexity index is 1270. The van der Waals surface area contributed by atoms with Crippen LogP contribution in [0.2, 0.25) is 0 Å². The van der Waals surface area contributed by atoms with Gasteiger partial charge in [0.05, 0.1) is 10.4 Å².